The summed E-state index contributed by atoms with van der Waals surface area (Å²) in [4.78, 5) is 12.8. The van der Waals surface area contributed by atoms with Crippen LogP contribution in [0.3, 0.4) is 0 Å². The predicted molar refractivity (Wildman–Crippen MR) is 115 cm³/mol. The number of hydrogen-bond acceptors (Lipinski definition) is 3. The van der Waals surface area contributed by atoms with Gasteiger partial charge >= 0.3 is 0 Å². The van der Waals surface area contributed by atoms with E-state index in [9.17, 15) is 13.2 Å². The monoisotopic (exact) mass is 478 g/mol. The molecule has 0 unspecified atom stereocenters. The second-order valence-corrected chi connectivity index (χ2v) is 12.1. The molecule has 160 valence electrons. The maximum Gasteiger partial charge on any atom is 0.243 e. The van der Waals surface area contributed by atoms with Crippen LogP contribution < -0.4 is 10.0 Å². The highest BCUT2D eigenvalue weighted by Gasteiger charge is 2.49. The first-order valence-corrected chi connectivity index (χ1v) is 12.6. The van der Waals surface area contributed by atoms with Crippen molar-refractivity contribution in [1.82, 2.24) is 10.0 Å². The number of rotatable bonds is 5. The van der Waals surface area contributed by atoms with Gasteiger partial charge in [-0.15, -0.1) is 0 Å². The Kier molecular flexibility index (Phi) is 5.65. The van der Waals surface area contributed by atoms with E-state index in [0.29, 0.717) is 11.8 Å². The van der Waals surface area contributed by atoms with Crippen LogP contribution in [0.2, 0.25) is 15.1 Å². The summed E-state index contributed by atoms with van der Waals surface area (Å²) in [6, 6.07) is 2.78. The Balaban J connectivity index is 1.49. The highest BCUT2D eigenvalue weighted by Crippen LogP contribution is 2.53. The fourth-order valence-corrected chi connectivity index (χ4v) is 8.00. The van der Waals surface area contributed by atoms with Crippen molar-refractivity contribution in [3.8, 4) is 0 Å². The molecule has 4 aliphatic rings. The lowest BCUT2D eigenvalue weighted by molar-refractivity contribution is -0.129. The Morgan fingerprint density at radius 2 is 1.52 bits per heavy atom. The van der Waals surface area contributed by atoms with Gasteiger partial charge in [0, 0.05) is 6.04 Å². The topological polar surface area (TPSA) is 75.3 Å². The molecule has 29 heavy (non-hydrogen) atoms. The summed E-state index contributed by atoms with van der Waals surface area (Å²) >= 11 is 18.0. The summed E-state index contributed by atoms with van der Waals surface area (Å²) < 4.78 is 28.3. The number of halogens is 3. The Bertz CT molecular complexity index is 921. The van der Waals surface area contributed by atoms with E-state index in [1.54, 1.807) is 13.8 Å². The zero-order valence-electron chi connectivity index (χ0n) is 16.3. The molecule has 4 bridgehead atoms. The highest BCUT2D eigenvalue weighted by atomic mass is 35.5. The van der Waals surface area contributed by atoms with Crippen LogP contribution in [0.4, 0.5) is 0 Å². The lowest BCUT2D eigenvalue weighted by atomic mass is 9.54. The second kappa shape index (κ2) is 7.56. The van der Waals surface area contributed by atoms with Crippen molar-refractivity contribution >= 4 is 50.7 Å². The van der Waals surface area contributed by atoms with Gasteiger partial charge in [-0.3, -0.25) is 4.79 Å². The third-order valence-corrected chi connectivity index (χ3v) is 9.87. The first kappa shape index (κ1) is 21.7. The minimum atomic E-state index is -4.08. The molecule has 1 aromatic carbocycles. The molecular weight excluding hydrogens is 455 g/mol. The third kappa shape index (κ3) is 4.03. The van der Waals surface area contributed by atoms with Crippen molar-refractivity contribution in [2.75, 3.05) is 0 Å². The van der Waals surface area contributed by atoms with Crippen LogP contribution >= 0.6 is 34.8 Å². The molecule has 1 aromatic rings. The van der Waals surface area contributed by atoms with E-state index in [2.05, 4.69) is 10.0 Å². The summed E-state index contributed by atoms with van der Waals surface area (Å²) in [6.07, 6.45) is 6.02. The van der Waals surface area contributed by atoms with Gasteiger partial charge in [0.05, 0.1) is 15.1 Å². The molecule has 0 aliphatic heterocycles. The van der Waals surface area contributed by atoms with E-state index in [-0.39, 0.29) is 31.9 Å². The van der Waals surface area contributed by atoms with Gasteiger partial charge < -0.3 is 5.32 Å². The molecule has 9 heteroatoms. The molecule has 0 saturated heterocycles. The van der Waals surface area contributed by atoms with Gasteiger partial charge in [-0.2, -0.15) is 4.72 Å². The van der Waals surface area contributed by atoms with Crippen molar-refractivity contribution in [2.24, 2.45) is 23.7 Å². The molecule has 0 radical (unpaired) electrons. The van der Waals surface area contributed by atoms with E-state index >= 15 is 0 Å². The molecule has 4 saturated carbocycles. The molecule has 1 amide bonds. The van der Waals surface area contributed by atoms with Crippen molar-refractivity contribution in [1.29, 1.82) is 0 Å². The van der Waals surface area contributed by atoms with Gasteiger partial charge in [0.25, 0.3) is 0 Å². The molecule has 4 aliphatic carbocycles. The van der Waals surface area contributed by atoms with E-state index in [4.69, 9.17) is 34.8 Å². The lowest BCUT2D eigenvalue weighted by Crippen LogP contribution is -2.62. The van der Waals surface area contributed by atoms with Gasteiger partial charge in [-0.25, -0.2) is 8.42 Å². The van der Waals surface area contributed by atoms with Gasteiger partial charge in [0.15, 0.2) is 0 Å². The Hall–Kier alpha value is -0.530. The quantitative estimate of drug-likeness (QED) is 0.604. The third-order valence-electron chi connectivity index (χ3n) is 6.77. The molecule has 4 fully saturated rings. The largest absolute Gasteiger partial charge is 0.351 e. The Morgan fingerprint density at radius 1 is 0.966 bits per heavy atom. The Morgan fingerprint density at radius 3 is 2.07 bits per heavy atom. The van der Waals surface area contributed by atoms with Crippen molar-refractivity contribution < 1.29 is 13.2 Å². The maximum absolute atomic E-state index is 13.1. The zero-order chi connectivity index (χ0) is 21.1. The molecule has 0 aromatic heterocycles. The van der Waals surface area contributed by atoms with E-state index in [1.165, 1.54) is 44.2 Å². The average molecular weight is 480 g/mol. The van der Waals surface area contributed by atoms with Crippen LogP contribution in [0.5, 0.6) is 0 Å². The van der Waals surface area contributed by atoms with E-state index in [0.717, 1.165) is 11.8 Å². The standard InChI is InChI=1S/C20H25Cl3N2O3S/c1-20(2,25-29(27,28)15-4-3-14(21)16(22)17(15)23)19(26)24-18-12-6-10-5-11(8-12)9-13(18)7-10/h3-4,10-13,18,25H,5-9H2,1-2H3,(H,24,26). The molecule has 5 rings (SSSR count). The number of carbonyl (C=O) groups excluding carboxylic acids is 1. The normalized spacial score (nSPS) is 31.1. The first-order valence-electron chi connectivity index (χ1n) is 9.96. The first-order chi connectivity index (χ1) is 13.5. The fourth-order valence-electron chi connectivity index (χ4n) is 5.65. The number of benzene rings is 1. The highest BCUT2D eigenvalue weighted by molar-refractivity contribution is 7.89. The number of amides is 1. The molecular formula is C20H25Cl3N2O3S. The average Bonchev–Trinajstić information content (AvgIpc) is 2.60. The van der Waals surface area contributed by atoms with Crippen LogP contribution in [0.1, 0.15) is 46.0 Å². The molecule has 0 heterocycles. The Labute approximate surface area is 186 Å². The van der Waals surface area contributed by atoms with Crippen LogP contribution in [0.25, 0.3) is 0 Å². The second-order valence-electron chi connectivity index (χ2n) is 9.33. The van der Waals surface area contributed by atoms with Crippen LogP contribution in [0.15, 0.2) is 17.0 Å². The summed E-state index contributed by atoms with van der Waals surface area (Å²) in [7, 11) is -4.08. The number of nitrogens with one attached hydrogen (secondary N) is 2. The van der Waals surface area contributed by atoms with Gasteiger partial charge in [-0.1, -0.05) is 34.8 Å². The van der Waals surface area contributed by atoms with Crippen molar-refractivity contribution in [3.63, 3.8) is 0 Å². The summed E-state index contributed by atoms with van der Waals surface area (Å²) in [5.74, 6) is 2.29. The number of carbonyl (C=O) groups is 1. The molecule has 2 N–H and O–H groups in total. The van der Waals surface area contributed by atoms with E-state index < -0.39 is 15.6 Å². The fraction of sp³-hybridized carbons (Fsp3) is 0.650. The number of sulfonamides is 1. The number of hydrogen-bond donors (Lipinski definition) is 2. The van der Waals surface area contributed by atoms with Crippen LogP contribution in [-0.4, -0.2) is 25.9 Å². The SMILES string of the molecule is CC(C)(NS(=O)(=O)c1ccc(Cl)c(Cl)c1Cl)C(=O)NC1C2CC3CC(C2)CC1C3. The van der Waals surface area contributed by atoms with Crippen molar-refractivity contribution in [2.45, 2.75) is 62.4 Å². The van der Waals surface area contributed by atoms with Crippen LogP contribution in [-0.2, 0) is 14.8 Å². The summed E-state index contributed by atoms with van der Waals surface area (Å²) in [5, 5.41) is 3.13. The minimum absolute atomic E-state index is 0.0351. The van der Waals surface area contributed by atoms with E-state index in [1.807, 2.05) is 0 Å². The minimum Gasteiger partial charge on any atom is -0.351 e. The molecule has 5 nitrogen and oxygen atoms in total. The molecule has 0 spiro atoms. The van der Waals surface area contributed by atoms with Crippen molar-refractivity contribution in [3.05, 3.63) is 27.2 Å². The predicted octanol–water partition coefficient (Wildman–Crippen LogP) is 4.64. The van der Waals surface area contributed by atoms with Gasteiger partial charge in [0.1, 0.15) is 10.4 Å². The molecule has 0 atom stereocenters. The van der Waals surface area contributed by atoms with Gasteiger partial charge in [0.2, 0.25) is 15.9 Å². The summed E-state index contributed by atoms with van der Waals surface area (Å²) in [5.41, 5.74) is -1.34. The summed E-state index contributed by atoms with van der Waals surface area (Å²) in [6.45, 7) is 3.11. The zero-order valence-corrected chi connectivity index (χ0v) is 19.4. The lowest BCUT2D eigenvalue weighted by Gasteiger charge is -2.54. The van der Waals surface area contributed by atoms with Gasteiger partial charge in [-0.05, 0) is 81.8 Å². The smallest absolute Gasteiger partial charge is 0.243 e. The van der Waals surface area contributed by atoms with Crippen LogP contribution in [0, 0.1) is 23.7 Å². The maximum atomic E-state index is 13.1.